The van der Waals surface area contributed by atoms with Crippen molar-refractivity contribution in [2.45, 2.75) is 6.18 Å². The minimum absolute atomic E-state index is 0.0126. The highest BCUT2D eigenvalue weighted by Gasteiger charge is 2.31. The third kappa shape index (κ3) is 2.51. The summed E-state index contributed by atoms with van der Waals surface area (Å²) in [5.41, 5.74) is -3.22. The number of alkyl halides is 3. The van der Waals surface area contributed by atoms with Gasteiger partial charge in [0.25, 0.3) is 5.56 Å². The second-order valence-electron chi connectivity index (χ2n) is 2.49. The number of pyridine rings is 1. The molecule has 0 aliphatic heterocycles. The molecule has 0 radical (unpaired) electrons. The van der Waals surface area contributed by atoms with E-state index in [1.54, 1.807) is 5.16 Å². The SMILES string of the molecule is [2H]C([2H])([2H])n1cc(C(F)(F)F)cc(N=C=S)c1=O. The Morgan fingerprint density at radius 3 is 2.80 bits per heavy atom. The van der Waals surface area contributed by atoms with Gasteiger partial charge >= 0.3 is 6.18 Å². The minimum atomic E-state index is -4.80. The van der Waals surface area contributed by atoms with Gasteiger partial charge in [0.2, 0.25) is 0 Å². The molecule has 15 heavy (non-hydrogen) atoms. The summed E-state index contributed by atoms with van der Waals surface area (Å²) in [4.78, 5) is 14.7. The molecule has 0 unspecified atom stereocenters. The molecule has 0 aliphatic rings. The molecule has 0 saturated heterocycles. The molecule has 1 rings (SSSR count). The van der Waals surface area contributed by atoms with E-state index < -0.39 is 30.0 Å². The third-order valence-electron chi connectivity index (χ3n) is 1.49. The summed E-state index contributed by atoms with van der Waals surface area (Å²) >= 11 is 4.18. The highest BCUT2D eigenvalue weighted by Crippen LogP contribution is 2.29. The predicted octanol–water partition coefficient (Wildman–Crippen LogP) is 2.14. The van der Waals surface area contributed by atoms with Crippen molar-refractivity contribution in [2.24, 2.45) is 12.0 Å². The molecule has 0 aromatic carbocycles. The van der Waals surface area contributed by atoms with Crippen molar-refractivity contribution in [3.63, 3.8) is 0 Å². The molecule has 0 amide bonds. The van der Waals surface area contributed by atoms with E-state index in [0.717, 1.165) is 0 Å². The maximum absolute atomic E-state index is 12.5. The van der Waals surface area contributed by atoms with Crippen molar-refractivity contribution >= 4 is 23.1 Å². The van der Waals surface area contributed by atoms with Crippen LogP contribution in [0.5, 0.6) is 0 Å². The molecule has 0 aliphatic carbocycles. The molecule has 1 heterocycles. The second-order valence-corrected chi connectivity index (χ2v) is 2.67. The molecule has 0 atom stereocenters. The van der Waals surface area contributed by atoms with Crippen LogP contribution in [0, 0.1) is 0 Å². The van der Waals surface area contributed by atoms with Crippen LogP contribution in [-0.2, 0) is 13.2 Å². The summed E-state index contributed by atoms with van der Waals surface area (Å²) in [6.07, 6.45) is -4.58. The zero-order valence-corrected chi connectivity index (χ0v) is 7.82. The fourth-order valence-electron chi connectivity index (χ4n) is 0.852. The zero-order chi connectivity index (χ0) is 14.1. The largest absolute Gasteiger partial charge is 0.417 e. The van der Waals surface area contributed by atoms with Crippen LogP contribution in [0.4, 0.5) is 18.9 Å². The van der Waals surface area contributed by atoms with Crippen LogP contribution in [0.15, 0.2) is 22.1 Å². The third-order valence-corrected chi connectivity index (χ3v) is 1.58. The van der Waals surface area contributed by atoms with Gasteiger partial charge in [-0.05, 0) is 18.3 Å². The van der Waals surface area contributed by atoms with Gasteiger partial charge in [0, 0.05) is 17.3 Å². The minimum Gasteiger partial charge on any atom is -0.316 e. The molecule has 3 nitrogen and oxygen atoms in total. The van der Waals surface area contributed by atoms with Crippen LogP contribution < -0.4 is 5.56 Å². The normalized spacial score (nSPS) is 14.7. The topological polar surface area (TPSA) is 34.4 Å². The molecule has 0 spiro atoms. The number of hydrogen-bond donors (Lipinski definition) is 0. The van der Waals surface area contributed by atoms with E-state index >= 15 is 0 Å². The van der Waals surface area contributed by atoms with E-state index in [1.165, 1.54) is 0 Å². The van der Waals surface area contributed by atoms with Crippen molar-refractivity contribution in [3.8, 4) is 0 Å². The van der Waals surface area contributed by atoms with E-state index in [4.69, 9.17) is 4.11 Å². The van der Waals surface area contributed by atoms with E-state index in [-0.39, 0.29) is 10.8 Å². The molecule has 80 valence electrons. The van der Waals surface area contributed by atoms with Crippen molar-refractivity contribution < 1.29 is 17.3 Å². The Balaban J connectivity index is 3.68. The van der Waals surface area contributed by atoms with Crippen LogP contribution in [-0.4, -0.2) is 9.73 Å². The summed E-state index contributed by atoms with van der Waals surface area (Å²) in [6, 6.07) is 0.421. The van der Waals surface area contributed by atoms with E-state index in [9.17, 15) is 18.0 Å². The molecule has 0 fully saturated rings. The molecular formula is C8H5F3N2OS. The Morgan fingerprint density at radius 1 is 1.67 bits per heavy atom. The number of nitrogens with zero attached hydrogens (tertiary/aromatic N) is 2. The van der Waals surface area contributed by atoms with Crippen LogP contribution in [0.2, 0.25) is 0 Å². The van der Waals surface area contributed by atoms with Gasteiger partial charge in [-0.2, -0.15) is 18.2 Å². The fraction of sp³-hybridized carbons (Fsp3) is 0.250. The van der Waals surface area contributed by atoms with Gasteiger partial charge in [-0.25, -0.2) is 0 Å². The molecule has 1 aromatic rings. The van der Waals surface area contributed by atoms with Crippen LogP contribution >= 0.6 is 12.2 Å². The fourth-order valence-corrected chi connectivity index (χ4v) is 0.950. The van der Waals surface area contributed by atoms with Gasteiger partial charge in [0.05, 0.1) is 10.7 Å². The van der Waals surface area contributed by atoms with E-state index in [1.807, 2.05) is 0 Å². The molecule has 0 saturated carbocycles. The smallest absolute Gasteiger partial charge is 0.316 e. The Morgan fingerprint density at radius 2 is 2.33 bits per heavy atom. The standard InChI is InChI=1S/C8H5F3N2OS/c1-13-3-5(8(9,10)11)2-6(7(13)14)12-4-15/h2-3H,1H3/i1D3. The van der Waals surface area contributed by atoms with Crippen molar-refractivity contribution in [1.82, 2.24) is 4.57 Å². The van der Waals surface area contributed by atoms with Gasteiger partial charge in [-0.3, -0.25) is 4.79 Å². The first-order valence-electron chi connectivity index (χ1n) is 4.99. The highest BCUT2D eigenvalue weighted by molar-refractivity contribution is 7.78. The van der Waals surface area contributed by atoms with Crippen molar-refractivity contribution in [1.29, 1.82) is 0 Å². The van der Waals surface area contributed by atoms with E-state index in [0.29, 0.717) is 6.07 Å². The second kappa shape index (κ2) is 3.96. The lowest BCUT2D eigenvalue weighted by molar-refractivity contribution is -0.138. The Hall–Kier alpha value is -1.46. The first-order valence-corrected chi connectivity index (χ1v) is 3.90. The maximum Gasteiger partial charge on any atom is 0.417 e. The monoisotopic (exact) mass is 237 g/mol. The Labute approximate surface area is 92.1 Å². The summed E-state index contributed by atoms with van der Waals surface area (Å²) < 4.78 is 58.5. The van der Waals surface area contributed by atoms with Gasteiger partial charge in [-0.1, -0.05) is 0 Å². The van der Waals surface area contributed by atoms with Crippen molar-refractivity contribution in [3.05, 3.63) is 28.2 Å². The molecule has 0 bridgehead atoms. The number of thiocarbonyl (C=S) groups is 1. The number of aliphatic imine (C=N–C) groups is 1. The summed E-state index contributed by atoms with van der Waals surface area (Å²) in [6.45, 7) is -3.04. The summed E-state index contributed by atoms with van der Waals surface area (Å²) in [5.74, 6) is 0. The first-order chi connectivity index (χ1) is 8.07. The number of rotatable bonds is 1. The average molecular weight is 237 g/mol. The molecule has 0 N–H and O–H groups in total. The Kier molecular flexibility index (Phi) is 2.05. The first kappa shape index (κ1) is 7.78. The zero-order valence-electron chi connectivity index (χ0n) is 10.00. The number of aryl methyl sites for hydroxylation is 1. The molecule has 7 heteroatoms. The van der Waals surface area contributed by atoms with Gasteiger partial charge in [0.1, 0.15) is 5.69 Å². The Bertz CT molecular complexity index is 572. The van der Waals surface area contributed by atoms with E-state index in [2.05, 4.69) is 17.2 Å². The molecular weight excluding hydrogens is 229 g/mol. The van der Waals surface area contributed by atoms with Gasteiger partial charge in [-0.15, -0.1) is 0 Å². The summed E-state index contributed by atoms with van der Waals surface area (Å²) in [5, 5.41) is 1.73. The number of aromatic nitrogens is 1. The average Bonchev–Trinajstić information content (AvgIpc) is 2.17. The van der Waals surface area contributed by atoms with Crippen molar-refractivity contribution in [2.75, 3.05) is 0 Å². The number of isothiocyanates is 1. The maximum atomic E-state index is 12.5. The number of hydrogen-bond acceptors (Lipinski definition) is 3. The lowest BCUT2D eigenvalue weighted by Gasteiger charge is -2.08. The van der Waals surface area contributed by atoms with Crippen LogP contribution in [0.3, 0.4) is 0 Å². The quantitative estimate of drug-likeness (QED) is 0.554. The van der Waals surface area contributed by atoms with Crippen LogP contribution in [0.1, 0.15) is 9.68 Å². The predicted molar refractivity (Wildman–Crippen MR) is 51.4 cm³/mol. The van der Waals surface area contributed by atoms with Crippen LogP contribution in [0.25, 0.3) is 0 Å². The van der Waals surface area contributed by atoms with Gasteiger partial charge in [0.15, 0.2) is 0 Å². The summed E-state index contributed by atoms with van der Waals surface area (Å²) in [7, 11) is 0. The highest BCUT2D eigenvalue weighted by atomic mass is 32.1. The number of halogens is 3. The lowest BCUT2D eigenvalue weighted by Crippen LogP contribution is -2.19. The lowest BCUT2D eigenvalue weighted by atomic mass is 10.2. The van der Waals surface area contributed by atoms with Gasteiger partial charge < -0.3 is 4.57 Å². The molecule has 1 aromatic heterocycles.